The summed E-state index contributed by atoms with van der Waals surface area (Å²) in [6.07, 6.45) is 2.47. The molecule has 1 heterocycles. The number of nitrogens with zero attached hydrogens (tertiary/aromatic N) is 2. The highest BCUT2D eigenvalue weighted by Crippen LogP contribution is 2.43. The third-order valence-corrected chi connectivity index (χ3v) is 3.34. The first-order chi connectivity index (χ1) is 7.13. The molecule has 0 radical (unpaired) electrons. The van der Waals surface area contributed by atoms with Crippen LogP contribution in [0.1, 0.15) is 43.9 Å². The minimum atomic E-state index is 0.475. The third-order valence-electron chi connectivity index (χ3n) is 2.65. The monoisotopic (exact) mass is 246 g/mol. The molecule has 0 saturated heterocycles. The lowest BCUT2D eigenvalue weighted by Gasteiger charge is -2.05. The molecule has 2 rings (SSSR count). The van der Waals surface area contributed by atoms with Gasteiger partial charge in [0.05, 0.1) is 11.6 Å². The molecule has 0 aliphatic heterocycles. The second-order valence-electron chi connectivity index (χ2n) is 4.64. The van der Waals surface area contributed by atoms with E-state index in [1.165, 1.54) is 12.8 Å². The highest BCUT2D eigenvalue weighted by atomic mass is 35.5. The molecule has 2 nitrogen and oxygen atoms in total. The van der Waals surface area contributed by atoms with Gasteiger partial charge in [0, 0.05) is 18.0 Å². The summed E-state index contributed by atoms with van der Waals surface area (Å²) in [6.45, 7) is 5.19. The average molecular weight is 247 g/mol. The van der Waals surface area contributed by atoms with Gasteiger partial charge in [-0.15, -0.1) is 11.6 Å². The number of alkyl halides is 1. The fourth-order valence-electron chi connectivity index (χ4n) is 1.77. The summed E-state index contributed by atoms with van der Waals surface area (Å²) < 4.78 is 1.90. The quantitative estimate of drug-likeness (QED) is 0.740. The first-order valence-electron chi connectivity index (χ1n) is 5.44. The minimum Gasteiger partial charge on any atom is -0.253 e. The van der Waals surface area contributed by atoms with Crippen LogP contribution in [0.25, 0.3) is 0 Å². The summed E-state index contributed by atoms with van der Waals surface area (Å²) in [5, 5.41) is 5.32. The van der Waals surface area contributed by atoms with E-state index in [1.54, 1.807) is 0 Å². The maximum atomic E-state index is 6.26. The molecule has 1 saturated carbocycles. The van der Waals surface area contributed by atoms with E-state index in [0.717, 1.165) is 23.0 Å². The Bertz CT molecular complexity index is 354. The predicted octanol–water partition coefficient (Wildman–Crippen LogP) is 3.81. The summed E-state index contributed by atoms with van der Waals surface area (Å²) in [6, 6.07) is 0. The Labute approximate surface area is 101 Å². The van der Waals surface area contributed by atoms with Crippen LogP contribution in [0.4, 0.5) is 0 Å². The van der Waals surface area contributed by atoms with Crippen LogP contribution in [0.2, 0.25) is 5.15 Å². The highest BCUT2D eigenvalue weighted by Gasteiger charge is 2.30. The Morgan fingerprint density at radius 1 is 1.47 bits per heavy atom. The number of hydrogen-bond acceptors (Lipinski definition) is 1. The maximum Gasteiger partial charge on any atom is 0.131 e. The van der Waals surface area contributed by atoms with Crippen molar-refractivity contribution in [2.45, 2.75) is 45.0 Å². The van der Waals surface area contributed by atoms with Crippen LogP contribution in [0, 0.1) is 5.92 Å². The van der Waals surface area contributed by atoms with Crippen molar-refractivity contribution in [3.8, 4) is 0 Å². The summed E-state index contributed by atoms with van der Waals surface area (Å²) in [7, 11) is 0. The lowest BCUT2D eigenvalue weighted by molar-refractivity contribution is 0.480. The molecule has 0 N–H and O–H groups in total. The van der Waals surface area contributed by atoms with Crippen molar-refractivity contribution in [1.29, 1.82) is 0 Å². The van der Waals surface area contributed by atoms with Crippen LogP contribution in [-0.4, -0.2) is 9.78 Å². The van der Waals surface area contributed by atoms with Crippen LogP contribution in [0.5, 0.6) is 0 Å². The van der Waals surface area contributed by atoms with Crippen LogP contribution in [-0.2, 0) is 12.4 Å². The summed E-state index contributed by atoms with van der Waals surface area (Å²) in [4.78, 5) is 0. The predicted molar refractivity (Wildman–Crippen MR) is 63.6 cm³/mol. The second kappa shape index (κ2) is 4.34. The molecule has 0 amide bonds. The highest BCUT2D eigenvalue weighted by molar-refractivity contribution is 6.31. The van der Waals surface area contributed by atoms with E-state index in [4.69, 9.17) is 23.2 Å². The molecule has 1 aliphatic rings. The van der Waals surface area contributed by atoms with E-state index >= 15 is 0 Å². The Hall–Kier alpha value is -0.210. The SMILES string of the molecule is CC(C)Cn1nc(C2CC2)c(CCl)c1Cl. The molecule has 15 heavy (non-hydrogen) atoms. The Morgan fingerprint density at radius 3 is 2.60 bits per heavy atom. The standard InChI is InChI=1S/C11H16Cl2N2/c1-7(2)6-15-11(13)9(5-12)10(14-15)8-3-4-8/h7-8H,3-6H2,1-2H3. The van der Waals surface area contributed by atoms with Crippen LogP contribution >= 0.6 is 23.2 Å². The van der Waals surface area contributed by atoms with Crippen molar-refractivity contribution in [3.05, 3.63) is 16.4 Å². The van der Waals surface area contributed by atoms with Gasteiger partial charge in [-0.1, -0.05) is 25.4 Å². The van der Waals surface area contributed by atoms with Crippen LogP contribution in [0.3, 0.4) is 0 Å². The van der Waals surface area contributed by atoms with Gasteiger partial charge in [-0.2, -0.15) is 5.10 Å². The summed E-state index contributed by atoms with van der Waals surface area (Å²) in [5.74, 6) is 1.64. The Kier molecular flexibility index (Phi) is 3.27. The van der Waals surface area contributed by atoms with Gasteiger partial charge in [0.2, 0.25) is 0 Å². The maximum absolute atomic E-state index is 6.26. The topological polar surface area (TPSA) is 17.8 Å². The molecule has 0 atom stereocenters. The zero-order valence-corrected chi connectivity index (χ0v) is 10.6. The first kappa shape index (κ1) is 11.3. The van der Waals surface area contributed by atoms with Gasteiger partial charge in [0.15, 0.2) is 0 Å². The number of rotatable bonds is 4. The zero-order valence-electron chi connectivity index (χ0n) is 9.13. The number of aromatic nitrogens is 2. The van der Waals surface area contributed by atoms with E-state index in [2.05, 4.69) is 18.9 Å². The van der Waals surface area contributed by atoms with E-state index in [0.29, 0.717) is 17.7 Å². The Balaban J connectivity index is 2.30. The molecule has 1 fully saturated rings. The fourth-order valence-corrected chi connectivity index (χ4v) is 2.37. The van der Waals surface area contributed by atoms with Gasteiger partial charge >= 0.3 is 0 Å². The van der Waals surface area contributed by atoms with Crippen molar-refractivity contribution in [3.63, 3.8) is 0 Å². The van der Waals surface area contributed by atoms with Crippen molar-refractivity contribution in [1.82, 2.24) is 9.78 Å². The molecule has 0 spiro atoms. The molecule has 0 bridgehead atoms. The molecule has 1 aliphatic carbocycles. The van der Waals surface area contributed by atoms with Crippen molar-refractivity contribution in [2.75, 3.05) is 0 Å². The first-order valence-corrected chi connectivity index (χ1v) is 6.35. The molecular weight excluding hydrogens is 231 g/mol. The Morgan fingerprint density at radius 2 is 2.13 bits per heavy atom. The van der Waals surface area contributed by atoms with E-state index in [1.807, 2.05) is 4.68 Å². The molecule has 0 aromatic carbocycles. The van der Waals surface area contributed by atoms with Crippen molar-refractivity contribution in [2.24, 2.45) is 5.92 Å². The smallest absolute Gasteiger partial charge is 0.131 e. The third kappa shape index (κ3) is 2.31. The fraction of sp³-hybridized carbons (Fsp3) is 0.727. The number of hydrogen-bond donors (Lipinski definition) is 0. The second-order valence-corrected chi connectivity index (χ2v) is 5.26. The van der Waals surface area contributed by atoms with E-state index < -0.39 is 0 Å². The van der Waals surface area contributed by atoms with Crippen molar-refractivity contribution < 1.29 is 0 Å². The lowest BCUT2D eigenvalue weighted by atomic mass is 10.2. The van der Waals surface area contributed by atoms with Gasteiger partial charge in [-0.25, -0.2) is 0 Å². The van der Waals surface area contributed by atoms with E-state index in [-0.39, 0.29) is 0 Å². The average Bonchev–Trinajstić information content (AvgIpc) is 2.94. The zero-order chi connectivity index (χ0) is 11.0. The molecule has 1 aromatic rings. The minimum absolute atomic E-state index is 0.475. The summed E-state index contributed by atoms with van der Waals surface area (Å²) >= 11 is 12.2. The van der Waals surface area contributed by atoms with Crippen LogP contribution < -0.4 is 0 Å². The van der Waals surface area contributed by atoms with Crippen molar-refractivity contribution >= 4 is 23.2 Å². The van der Waals surface area contributed by atoms with Gasteiger partial charge in [0.1, 0.15) is 5.15 Å². The molecular formula is C11H16Cl2N2. The molecule has 0 unspecified atom stereocenters. The van der Waals surface area contributed by atoms with Gasteiger partial charge < -0.3 is 0 Å². The van der Waals surface area contributed by atoms with Crippen LogP contribution in [0.15, 0.2) is 0 Å². The van der Waals surface area contributed by atoms with E-state index in [9.17, 15) is 0 Å². The lowest BCUT2D eigenvalue weighted by Crippen LogP contribution is -2.06. The van der Waals surface area contributed by atoms with Gasteiger partial charge in [0.25, 0.3) is 0 Å². The molecule has 1 aromatic heterocycles. The molecule has 84 valence electrons. The largest absolute Gasteiger partial charge is 0.253 e. The van der Waals surface area contributed by atoms with Gasteiger partial charge in [-0.3, -0.25) is 4.68 Å². The normalized spacial score (nSPS) is 16.3. The number of halogens is 2. The molecule has 4 heteroatoms. The van der Waals surface area contributed by atoms with Gasteiger partial charge in [-0.05, 0) is 18.8 Å². The summed E-state index contributed by atoms with van der Waals surface area (Å²) in [5.41, 5.74) is 2.18.